The summed E-state index contributed by atoms with van der Waals surface area (Å²) in [4.78, 5) is 0. The van der Waals surface area contributed by atoms with E-state index >= 15 is 0 Å². The van der Waals surface area contributed by atoms with Crippen molar-refractivity contribution in [1.29, 1.82) is 0 Å². The van der Waals surface area contributed by atoms with E-state index in [0.29, 0.717) is 25.6 Å². The third-order valence-corrected chi connectivity index (χ3v) is 4.14. The number of rotatable bonds is 10. The summed E-state index contributed by atoms with van der Waals surface area (Å²) >= 11 is 0. The topological polar surface area (TPSA) is 67.4 Å². The maximum absolute atomic E-state index is 11.6. The smallest absolute Gasteiger partial charge is 0.211 e. The third-order valence-electron chi connectivity index (χ3n) is 2.70. The van der Waals surface area contributed by atoms with Crippen LogP contribution in [-0.2, 0) is 14.8 Å². The van der Waals surface area contributed by atoms with Gasteiger partial charge in [0.25, 0.3) is 0 Å². The number of hydrogen-bond acceptors (Lipinski definition) is 4. The van der Waals surface area contributed by atoms with Crippen molar-refractivity contribution >= 4 is 10.0 Å². The largest absolute Gasteiger partial charge is 0.384 e. The van der Waals surface area contributed by atoms with Gasteiger partial charge in [-0.05, 0) is 31.7 Å². The molecule has 17 heavy (non-hydrogen) atoms. The summed E-state index contributed by atoms with van der Waals surface area (Å²) in [6.07, 6.45) is 3.14. The molecule has 1 rings (SSSR count). The van der Waals surface area contributed by atoms with Crippen molar-refractivity contribution in [1.82, 2.24) is 10.0 Å². The lowest BCUT2D eigenvalue weighted by Crippen LogP contribution is -2.33. The SMILES string of the molecule is COCC(C)CNS(=O)(=O)CCCNC1CC1. The molecule has 0 aromatic carbocycles. The molecule has 5 nitrogen and oxygen atoms in total. The lowest BCUT2D eigenvalue weighted by Gasteiger charge is -2.12. The minimum atomic E-state index is -3.12. The standard InChI is InChI=1S/C11H24N2O3S/c1-10(9-16-2)8-13-17(14,15)7-3-6-12-11-4-5-11/h10-13H,3-9H2,1-2H3. The summed E-state index contributed by atoms with van der Waals surface area (Å²) in [6.45, 7) is 3.78. The number of ether oxygens (including phenoxy) is 1. The Balaban J connectivity index is 2.07. The van der Waals surface area contributed by atoms with Crippen molar-refractivity contribution in [3.63, 3.8) is 0 Å². The summed E-state index contributed by atoms with van der Waals surface area (Å²) < 4.78 is 30.8. The Hall–Kier alpha value is -0.170. The van der Waals surface area contributed by atoms with Crippen molar-refractivity contribution in [2.24, 2.45) is 5.92 Å². The van der Waals surface area contributed by atoms with Crippen LogP contribution in [-0.4, -0.2) is 47.0 Å². The number of nitrogens with one attached hydrogen (secondary N) is 2. The van der Waals surface area contributed by atoms with E-state index in [1.54, 1.807) is 7.11 Å². The average molecular weight is 264 g/mol. The second-order valence-corrected chi connectivity index (χ2v) is 6.74. The zero-order chi connectivity index (χ0) is 12.7. The van der Waals surface area contributed by atoms with Crippen molar-refractivity contribution in [2.75, 3.05) is 32.6 Å². The summed E-state index contributed by atoms with van der Waals surface area (Å²) in [5.41, 5.74) is 0. The van der Waals surface area contributed by atoms with Crippen LogP contribution in [0.1, 0.15) is 26.2 Å². The van der Waals surface area contributed by atoms with E-state index < -0.39 is 10.0 Å². The Morgan fingerprint density at radius 2 is 2.12 bits per heavy atom. The Bertz CT molecular complexity index is 302. The van der Waals surface area contributed by atoms with Gasteiger partial charge in [-0.1, -0.05) is 6.92 Å². The molecule has 102 valence electrons. The molecule has 1 aliphatic carbocycles. The Labute approximate surface area is 104 Å². The lowest BCUT2D eigenvalue weighted by molar-refractivity contribution is 0.161. The van der Waals surface area contributed by atoms with Crippen molar-refractivity contribution < 1.29 is 13.2 Å². The van der Waals surface area contributed by atoms with Crippen LogP contribution in [0.3, 0.4) is 0 Å². The number of sulfonamides is 1. The van der Waals surface area contributed by atoms with Crippen LogP contribution < -0.4 is 10.0 Å². The fourth-order valence-corrected chi connectivity index (χ4v) is 2.75. The van der Waals surface area contributed by atoms with Gasteiger partial charge in [0.15, 0.2) is 0 Å². The van der Waals surface area contributed by atoms with Gasteiger partial charge in [-0.2, -0.15) is 0 Å². The normalized spacial score (nSPS) is 18.2. The van der Waals surface area contributed by atoms with Crippen LogP contribution in [0.25, 0.3) is 0 Å². The molecule has 0 amide bonds. The van der Waals surface area contributed by atoms with Crippen LogP contribution in [0.4, 0.5) is 0 Å². The summed E-state index contributed by atoms with van der Waals surface area (Å²) in [6, 6.07) is 0.646. The first-order chi connectivity index (χ1) is 8.03. The first-order valence-corrected chi connectivity index (χ1v) is 7.88. The van der Waals surface area contributed by atoms with Crippen molar-refractivity contribution in [2.45, 2.75) is 32.2 Å². The fraction of sp³-hybridized carbons (Fsp3) is 1.00. The van der Waals surface area contributed by atoms with Gasteiger partial charge in [0.05, 0.1) is 5.75 Å². The zero-order valence-electron chi connectivity index (χ0n) is 10.7. The van der Waals surface area contributed by atoms with Gasteiger partial charge in [-0.15, -0.1) is 0 Å². The third kappa shape index (κ3) is 7.70. The van der Waals surface area contributed by atoms with Gasteiger partial charge < -0.3 is 10.1 Å². The average Bonchev–Trinajstić information content (AvgIpc) is 3.06. The molecule has 1 unspecified atom stereocenters. The molecule has 0 spiro atoms. The first kappa shape index (κ1) is 14.9. The summed E-state index contributed by atoms with van der Waals surface area (Å²) in [5, 5.41) is 3.30. The van der Waals surface area contributed by atoms with Gasteiger partial charge in [0.2, 0.25) is 10.0 Å². The molecule has 0 aromatic rings. The molecule has 0 bridgehead atoms. The molecule has 0 heterocycles. The maximum atomic E-state index is 11.6. The molecule has 6 heteroatoms. The Morgan fingerprint density at radius 1 is 1.41 bits per heavy atom. The van der Waals surface area contributed by atoms with Crippen molar-refractivity contribution in [3.05, 3.63) is 0 Å². The highest BCUT2D eigenvalue weighted by Gasteiger charge is 2.20. The molecule has 0 aliphatic heterocycles. The van der Waals surface area contributed by atoms with E-state index in [1.165, 1.54) is 12.8 Å². The van der Waals surface area contributed by atoms with Gasteiger partial charge in [-0.25, -0.2) is 13.1 Å². The summed E-state index contributed by atoms with van der Waals surface area (Å²) in [7, 11) is -1.50. The monoisotopic (exact) mass is 264 g/mol. The van der Waals surface area contributed by atoms with Crippen LogP contribution in [0.5, 0.6) is 0 Å². The molecule has 0 radical (unpaired) electrons. The molecule has 0 saturated heterocycles. The molecular formula is C11H24N2O3S. The predicted octanol–water partition coefficient (Wildman–Crippen LogP) is 0.330. The van der Waals surface area contributed by atoms with Gasteiger partial charge in [-0.3, -0.25) is 0 Å². The lowest BCUT2D eigenvalue weighted by atomic mass is 10.2. The minimum absolute atomic E-state index is 0.201. The highest BCUT2D eigenvalue weighted by Crippen LogP contribution is 2.18. The van der Waals surface area contributed by atoms with E-state index in [2.05, 4.69) is 10.0 Å². The van der Waals surface area contributed by atoms with E-state index in [0.717, 1.165) is 6.54 Å². The first-order valence-electron chi connectivity index (χ1n) is 6.23. The van der Waals surface area contributed by atoms with Gasteiger partial charge in [0.1, 0.15) is 0 Å². The number of hydrogen-bond donors (Lipinski definition) is 2. The van der Waals surface area contributed by atoms with Crippen LogP contribution in [0, 0.1) is 5.92 Å². The predicted molar refractivity (Wildman–Crippen MR) is 68.5 cm³/mol. The Kier molecular flexibility index (Phi) is 6.40. The molecule has 1 atom stereocenters. The minimum Gasteiger partial charge on any atom is -0.384 e. The van der Waals surface area contributed by atoms with E-state index in [9.17, 15) is 8.42 Å². The molecule has 1 saturated carbocycles. The second kappa shape index (κ2) is 7.31. The van der Waals surface area contributed by atoms with Crippen LogP contribution >= 0.6 is 0 Å². The van der Waals surface area contributed by atoms with Crippen LogP contribution in [0.2, 0.25) is 0 Å². The van der Waals surface area contributed by atoms with Crippen molar-refractivity contribution in [3.8, 4) is 0 Å². The molecule has 1 fully saturated rings. The molecule has 1 aliphatic rings. The highest BCUT2D eigenvalue weighted by molar-refractivity contribution is 7.89. The maximum Gasteiger partial charge on any atom is 0.211 e. The second-order valence-electron chi connectivity index (χ2n) is 4.81. The van der Waals surface area contributed by atoms with E-state index in [1.807, 2.05) is 6.92 Å². The van der Waals surface area contributed by atoms with E-state index in [4.69, 9.17) is 4.74 Å². The fourth-order valence-electron chi connectivity index (χ4n) is 1.54. The Morgan fingerprint density at radius 3 is 2.71 bits per heavy atom. The quantitative estimate of drug-likeness (QED) is 0.558. The molecule has 2 N–H and O–H groups in total. The van der Waals surface area contributed by atoms with Crippen LogP contribution in [0.15, 0.2) is 0 Å². The number of methoxy groups -OCH3 is 1. The molecule has 0 aromatic heterocycles. The zero-order valence-corrected chi connectivity index (χ0v) is 11.6. The van der Waals surface area contributed by atoms with Gasteiger partial charge >= 0.3 is 0 Å². The van der Waals surface area contributed by atoms with Gasteiger partial charge in [0, 0.05) is 26.3 Å². The highest BCUT2D eigenvalue weighted by atomic mass is 32.2. The summed E-state index contributed by atoms with van der Waals surface area (Å²) in [5.74, 6) is 0.409. The molecular weight excluding hydrogens is 240 g/mol. The van der Waals surface area contributed by atoms with E-state index in [-0.39, 0.29) is 11.7 Å².